The Morgan fingerprint density at radius 2 is 1.80 bits per heavy atom. The second kappa shape index (κ2) is 7.07. The van der Waals surface area contributed by atoms with Crippen LogP contribution < -0.4 is 0 Å². The highest BCUT2D eigenvalue weighted by molar-refractivity contribution is 4.46. The maximum absolute atomic E-state index is 4.95. The summed E-state index contributed by atoms with van der Waals surface area (Å²) >= 11 is 0. The van der Waals surface area contributed by atoms with Crippen molar-refractivity contribution in [2.24, 2.45) is 5.92 Å². The van der Waals surface area contributed by atoms with Gasteiger partial charge in [0.25, 0.3) is 0 Å². The number of unbranched alkanes of at least 4 members (excludes halogenated alkanes) is 2. The normalized spacial score (nSPS) is 10.8. The van der Waals surface area contributed by atoms with Crippen molar-refractivity contribution >= 4 is 0 Å². The summed E-state index contributed by atoms with van der Waals surface area (Å²) in [6.45, 7) is 5.48. The van der Waals surface area contributed by atoms with Crippen LogP contribution in [0.1, 0.15) is 39.5 Å². The molecule has 0 aliphatic carbocycles. The lowest BCUT2D eigenvalue weighted by Crippen LogP contribution is -1.90. The van der Waals surface area contributed by atoms with Crippen molar-refractivity contribution in [1.82, 2.24) is 0 Å². The van der Waals surface area contributed by atoms with E-state index in [-0.39, 0.29) is 0 Å². The topological polar surface area (TPSA) is 9.23 Å². The van der Waals surface area contributed by atoms with Crippen LogP contribution in [-0.2, 0) is 4.74 Å². The summed E-state index contributed by atoms with van der Waals surface area (Å²) in [7, 11) is 1.77. The Labute approximate surface area is 64.8 Å². The molecule has 0 N–H and O–H groups in total. The molecule has 10 heavy (non-hydrogen) atoms. The van der Waals surface area contributed by atoms with E-state index < -0.39 is 0 Å². The smallest absolute Gasteiger partial charge is 0.0462 e. The van der Waals surface area contributed by atoms with E-state index in [1.807, 2.05) is 0 Å². The van der Waals surface area contributed by atoms with Crippen LogP contribution in [0.3, 0.4) is 0 Å². The van der Waals surface area contributed by atoms with Crippen molar-refractivity contribution in [3.05, 3.63) is 0 Å². The molecule has 1 heteroatoms. The zero-order valence-corrected chi connectivity index (χ0v) is 7.52. The Kier molecular flexibility index (Phi) is 7.04. The van der Waals surface area contributed by atoms with E-state index in [2.05, 4.69) is 13.8 Å². The Morgan fingerprint density at radius 1 is 1.10 bits per heavy atom. The highest BCUT2D eigenvalue weighted by atomic mass is 16.5. The Hall–Kier alpha value is -0.0400. The summed E-state index contributed by atoms with van der Waals surface area (Å²) in [6, 6.07) is 0. The van der Waals surface area contributed by atoms with Gasteiger partial charge in [-0.2, -0.15) is 0 Å². The molecule has 0 aliphatic rings. The molecule has 0 spiro atoms. The van der Waals surface area contributed by atoms with Crippen molar-refractivity contribution in [3.63, 3.8) is 0 Å². The molecule has 0 rings (SSSR count). The van der Waals surface area contributed by atoms with Gasteiger partial charge in [0, 0.05) is 13.7 Å². The van der Waals surface area contributed by atoms with E-state index in [1.54, 1.807) is 7.11 Å². The first-order valence-corrected chi connectivity index (χ1v) is 4.26. The fourth-order valence-corrected chi connectivity index (χ4v) is 0.976. The van der Waals surface area contributed by atoms with E-state index in [0.29, 0.717) is 0 Å². The first-order valence-electron chi connectivity index (χ1n) is 4.26. The lowest BCUT2D eigenvalue weighted by molar-refractivity contribution is 0.191. The monoisotopic (exact) mass is 144 g/mol. The van der Waals surface area contributed by atoms with Gasteiger partial charge in [-0.1, -0.05) is 33.1 Å². The van der Waals surface area contributed by atoms with Gasteiger partial charge in [-0.3, -0.25) is 0 Å². The second-order valence-electron chi connectivity index (χ2n) is 3.24. The minimum atomic E-state index is 0.863. The highest BCUT2D eigenvalue weighted by Crippen LogP contribution is 2.07. The summed E-state index contributed by atoms with van der Waals surface area (Å²) in [4.78, 5) is 0. The molecule has 1 nitrogen and oxygen atoms in total. The molecule has 0 bridgehead atoms. The summed E-state index contributed by atoms with van der Waals surface area (Å²) in [5, 5.41) is 0. The fraction of sp³-hybridized carbons (Fsp3) is 1.00. The van der Waals surface area contributed by atoms with Gasteiger partial charge in [0.2, 0.25) is 0 Å². The third-order valence-electron chi connectivity index (χ3n) is 1.63. The van der Waals surface area contributed by atoms with Crippen LogP contribution >= 0.6 is 0 Å². The molecular weight excluding hydrogens is 124 g/mol. The fourth-order valence-electron chi connectivity index (χ4n) is 0.976. The average Bonchev–Trinajstić information content (AvgIpc) is 1.87. The molecule has 0 heterocycles. The summed E-state index contributed by atoms with van der Waals surface area (Å²) in [5.41, 5.74) is 0. The molecule has 0 aromatic carbocycles. The summed E-state index contributed by atoms with van der Waals surface area (Å²) in [6.07, 6.45) is 5.28. The van der Waals surface area contributed by atoms with Crippen LogP contribution in [0.5, 0.6) is 0 Å². The molecule has 0 radical (unpaired) electrons. The van der Waals surface area contributed by atoms with Gasteiger partial charge in [-0.15, -0.1) is 0 Å². The number of rotatable bonds is 6. The average molecular weight is 144 g/mol. The Morgan fingerprint density at radius 3 is 2.30 bits per heavy atom. The van der Waals surface area contributed by atoms with Crippen LogP contribution in [0.4, 0.5) is 0 Å². The molecule has 0 saturated carbocycles. The molecule has 62 valence electrons. The largest absolute Gasteiger partial charge is 0.385 e. The minimum Gasteiger partial charge on any atom is -0.385 e. The second-order valence-corrected chi connectivity index (χ2v) is 3.24. The quantitative estimate of drug-likeness (QED) is 0.521. The number of hydrogen-bond donors (Lipinski definition) is 0. The first kappa shape index (κ1) is 9.96. The van der Waals surface area contributed by atoms with Gasteiger partial charge >= 0.3 is 0 Å². The van der Waals surface area contributed by atoms with Crippen molar-refractivity contribution < 1.29 is 4.74 Å². The number of methoxy groups -OCH3 is 1. The zero-order valence-electron chi connectivity index (χ0n) is 7.52. The highest BCUT2D eigenvalue weighted by Gasteiger charge is 1.92. The molecule has 0 amide bonds. The van der Waals surface area contributed by atoms with Crippen LogP contribution in [0.25, 0.3) is 0 Å². The third kappa shape index (κ3) is 7.96. The third-order valence-corrected chi connectivity index (χ3v) is 1.63. The van der Waals surface area contributed by atoms with Crippen molar-refractivity contribution in [2.75, 3.05) is 13.7 Å². The van der Waals surface area contributed by atoms with Gasteiger partial charge in [-0.25, -0.2) is 0 Å². The summed E-state index contributed by atoms with van der Waals surface area (Å²) < 4.78 is 4.95. The maximum atomic E-state index is 4.95. The molecule has 0 fully saturated rings. The van der Waals surface area contributed by atoms with Gasteiger partial charge in [0.05, 0.1) is 0 Å². The van der Waals surface area contributed by atoms with Crippen LogP contribution in [0.15, 0.2) is 0 Å². The van der Waals surface area contributed by atoms with E-state index in [0.717, 1.165) is 12.5 Å². The van der Waals surface area contributed by atoms with Crippen LogP contribution in [0.2, 0.25) is 0 Å². The van der Waals surface area contributed by atoms with Gasteiger partial charge in [-0.05, 0) is 12.3 Å². The number of hydrogen-bond acceptors (Lipinski definition) is 1. The Bertz CT molecular complexity index is 59.7. The zero-order chi connectivity index (χ0) is 7.82. The van der Waals surface area contributed by atoms with Crippen LogP contribution in [0, 0.1) is 5.92 Å². The predicted molar refractivity (Wildman–Crippen MR) is 45.2 cm³/mol. The maximum Gasteiger partial charge on any atom is 0.0462 e. The molecule has 0 atom stereocenters. The predicted octanol–water partition coefficient (Wildman–Crippen LogP) is 2.85. The molecule has 0 aromatic rings. The first-order chi connectivity index (χ1) is 4.77. The molecule has 0 aromatic heterocycles. The minimum absolute atomic E-state index is 0.863. The molecule has 0 aliphatic heterocycles. The van der Waals surface area contributed by atoms with E-state index in [9.17, 15) is 0 Å². The van der Waals surface area contributed by atoms with Crippen LogP contribution in [-0.4, -0.2) is 13.7 Å². The number of ether oxygens (including phenoxy) is 1. The van der Waals surface area contributed by atoms with E-state index in [4.69, 9.17) is 4.74 Å². The van der Waals surface area contributed by atoms with Gasteiger partial charge in [0.1, 0.15) is 0 Å². The van der Waals surface area contributed by atoms with Crippen molar-refractivity contribution in [1.29, 1.82) is 0 Å². The van der Waals surface area contributed by atoms with Gasteiger partial charge in [0.15, 0.2) is 0 Å². The van der Waals surface area contributed by atoms with Crippen molar-refractivity contribution in [3.8, 4) is 0 Å². The molecule has 0 unspecified atom stereocenters. The molecular formula is C9H20O. The summed E-state index contributed by atoms with van der Waals surface area (Å²) in [5.74, 6) is 0.863. The SMILES string of the molecule is COCCCCCC(C)C. The van der Waals surface area contributed by atoms with Gasteiger partial charge < -0.3 is 4.74 Å². The van der Waals surface area contributed by atoms with Crippen molar-refractivity contribution in [2.45, 2.75) is 39.5 Å². The lowest BCUT2D eigenvalue weighted by Gasteiger charge is -2.02. The van der Waals surface area contributed by atoms with E-state index >= 15 is 0 Å². The standard InChI is InChI=1S/C9H20O/c1-9(2)7-5-4-6-8-10-3/h9H,4-8H2,1-3H3. The Balaban J connectivity index is 2.77. The molecule has 0 saturated heterocycles. The van der Waals surface area contributed by atoms with E-state index in [1.165, 1.54) is 25.7 Å². The lowest BCUT2D eigenvalue weighted by atomic mass is 10.1.